The highest BCUT2D eigenvalue weighted by Gasteiger charge is 2.29. The van der Waals surface area contributed by atoms with Crippen LogP contribution < -0.4 is 10.6 Å². The van der Waals surface area contributed by atoms with Crippen LogP contribution in [0.3, 0.4) is 0 Å². The molecule has 3 rings (SSSR count). The number of para-hydroxylation sites is 1. The Morgan fingerprint density at radius 3 is 2.71 bits per heavy atom. The molecular weight excluding hydrogens is 416 g/mol. The molecule has 6 nitrogen and oxygen atoms in total. The van der Waals surface area contributed by atoms with Gasteiger partial charge in [-0.25, -0.2) is 4.79 Å². The van der Waals surface area contributed by atoms with Gasteiger partial charge >= 0.3 is 6.03 Å². The Morgan fingerprint density at radius 1 is 1.25 bits per heavy atom. The molecule has 0 saturated heterocycles. The van der Waals surface area contributed by atoms with E-state index in [-0.39, 0.29) is 16.3 Å². The highest BCUT2D eigenvalue weighted by molar-refractivity contribution is 9.10. The minimum Gasteiger partial charge on any atom is -0.506 e. The van der Waals surface area contributed by atoms with E-state index in [1.807, 2.05) is 6.07 Å². The number of hydrogen-bond acceptors (Lipinski definition) is 5. The van der Waals surface area contributed by atoms with Gasteiger partial charge in [-0.2, -0.15) is 8.42 Å². The van der Waals surface area contributed by atoms with Gasteiger partial charge in [-0.05, 0) is 28.1 Å². The minimum atomic E-state index is -2.47. The molecule has 1 aliphatic heterocycles. The first-order valence-electron chi connectivity index (χ1n) is 6.75. The number of hydrogen-bond donors (Lipinski definition) is 3. The second kappa shape index (κ2) is 6.88. The van der Waals surface area contributed by atoms with Crippen molar-refractivity contribution < 1.29 is 18.3 Å². The smallest absolute Gasteiger partial charge is 0.323 e. The number of carbonyl (C=O) groups is 1. The number of halogens is 1. The van der Waals surface area contributed by atoms with Crippen molar-refractivity contribution in [2.75, 3.05) is 11.1 Å². The Kier molecular flexibility index (Phi) is 4.83. The van der Waals surface area contributed by atoms with Gasteiger partial charge < -0.3 is 15.7 Å². The summed E-state index contributed by atoms with van der Waals surface area (Å²) in [5, 5.41) is 15.4. The molecule has 0 spiro atoms. The zero-order chi connectivity index (χ0) is 17.3. The molecule has 0 aromatic heterocycles. The normalized spacial score (nSPS) is 16.3. The van der Waals surface area contributed by atoms with E-state index in [4.69, 9.17) is 0 Å². The molecule has 0 bridgehead atoms. The van der Waals surface area contributed by atoms with Gasteiger partial charge in [0.2, 0.25) is 10.3 Å². The Hall–Kier alpha value is -1.97. The maximum absolute atomic E-state index is 12.2. The lowest BCUT2D eigenvalue weighted by molar-refractivity contribution is 0.253. The van der Waals surface area contributed by atoms with E-state index in [2.05, 4.69) is 26.6 Å². The first-order chi connectivity index (χ1) is 11.5. The van der Waals surface area contributed by atoms with Gasteiger partial charge in [0.25, 0.3) is 0 Å². The van der Waals surface area contributed by atoms with Crippen molar-refractivity contribution in [3.05, 3.63) is 62.8 Å². The molecule has 1 aromatic carbocycles. The predicted molar refractivity (Wildman–Crippen MR) is 98.5 cm³/mol. The summed E-state index contributed by atoms with van der Waals surface area (Å²) in [4.78, 5) is 12.8. The monoisotopic (exact) mass is 426 g/mol. The topological polar surface area (TPSA) is 95.5 Å². The molecule has 9 heteroatoms. The van der Waals surface area contributed by atoms with Crippen molar-refractivity contribution in [2.45, 2.75) is 0 Å². The number of rotatable bonds is 2. The fraction of sp³-hybridized carbons (Fsp3) is 0.0667. The standard InChI is InChI=1S/C15H11BrN2O4S2/c16-9-3-1-2-4-10(9)17-15(20)18-13-11(19)7-12(24(21)22)8-5-6-23-14(8)13/h1-5,7,19H,6H2,(H2,17,18,20). The molecule has 0 unspecified atom stereocenters. The molecule has 124 valence electrons. The van der Waals surface area contributed by atoms with Crippen LogP contribution in [0.4, 0.5) is 10.5 Å². The van der Waals surface area contributed by atoms with Crippen LogP contribution in [-0.2, 0) is 10.3 Å². The molecule has 2 amide bonds. The van der Waals surface area contributed by atoms with Crippen molar-refractivity contribution in [3.8, 4) is 0 Å². The molecule has 1 heterocycles. The molecule has 1 aromatic rings. The van der Waals surface area contributed by atoms with Crippen LogP contribution in [0.25, 0.3) is 0 Å². The number of urea groups is 1. The largest absolute Gasteiger partial charge is 0.506 e. The number of aliphatic hydroxyl groups is 1. The van der Waals surface area contributed by atoms with Gasteiger partial charge in [-0.1, -0.05) is 18.2 Å². The average molecular weight is 427 g/mol. The molecule has 24 heavy (non-hydrogen) atoms. The highest BCUT2D eigenvalue weighted by atomic mass is 79.9. The molecule has 0 atom stereocenters. The summed E-state index contributed by atoms with van der Waals surface area (Å²) in [6.45, 7) is 0. The zero-order valence-corrected chi connectivity index (χ0v) is 15.3. The van der Waals surface area contributed by atoms with Crippen molar-refractivity contribution in [2.24, 2.45) is 0 Å². The Labute approximate surface area is 152 Å². The number of carbonyl (C=O) groups excluding carboxylic acids is 1. The maximum atomic E-state index is 12.2. The van der Waals surface area contributed by atoms with Crippen molar-refractivity contribution >= 4 is 54.6 Å². The molecule has 3 N–H and O–H groups in total. The van der Waals surface area contributed by atoms with Crippen molar-refractivity contribution in [3.63, 3.8) is 0 Å². The van der Waals surface area contributed by atoms with Gasteiger partial charge in [-0.3, -0.25) is 0 Å². The lowest BCUT2D eigenvalue weighted by Crippen LogP contribution is -2.31. The first-order valence-corrected chi connectivity index (χ1v) is 9.60. The van der Waals surface area contributed by atoms with Crippen LogP contribution >= 0.6 is 27.7 Å². The molecule has 0 saturated carbocycles. The van der Waals surface area contributed by atoms with Crippen molar-refractivity contribution in [1.82, 2.24) is 5.32 Å². The summed E-state index contributed by atoms with van der Waals surface area (Å²) in [7, 11) is -2.47. The number of nitrogens with one attached hydrogen (secondary N) is 2. The number of fused-ring (bicyclic) bond motifs is 1. The number of benzene rings is 1. The summed E-state index contributed by atoms with van der Waals surface area (Å²) in [5.74, 6) is 0.279. The molecule has 1 aliphatic carbocycles. The van der Waals surface area contributed by atoms with Gasteiger partial charge in [0.15, 0.2) is 0 Å². The zero-order valence-electron chi connectivity index (χ0n) is 12.0. The van der Waals surface area contributed by atoms with Gasteiger partial charge in [0.05, 0.1) is 11.4 Å². The summed E-state index contributed by atoms with van der Waals surface area (Å²) >= 11 is 4.68. The number of allylic oxidation sites excluding steroid dienone is 2. The average Bonchev–Trinajstić information content (AvgIpc) is 3.01. The minimum absolute atomic E-state index is 0.0178. The van der Waals surface area contributed by atoms with Crippen LogP contribution in [0, 0.1) is 0 Å². The Balaban J connectivity index is 1.88. The Morgan fingerprint density at radius 2 is 2.00 bits per heavy atom. The lowest BCUT2D eigenvalue weighted by atomic mass is 10.0. The third kappa shape index (κ3) is 3.28. The first kappa shape index (κ1) is 16.9. The van der Waals surface area contributed by atoms with Gasteiger partial charge in [0.1, 0.15) is 10.6 Å². The van der Waals surface area contributed by atoms with E-state index < -0.39 is 16.3 Å². The van der Waals surface area contributed by atoms with Crippen LogP contribution in [0.5, 0.6) is 0 Å². The van der Waals surface area contributed by atoms with Gasteiger partial charge in [0, 0.05) is 26.8 Å². The third-order valence-corrected chi connectivity index (χ3v) is 5.75. The van der Waals surface area contributed by atoms with Crippen LogP contribution in [0.2, 0.25) is 0 Å². The number of aliphatic hydroxyl groups excluding tert-OH is 1. The number of thioether (sulfide) groups is 1. The summed E-state index contributed by atoms with van der Waals surface area (Å²) in [5.41, 5.74) is 1.27. The second-order valence-electron chi connectivity index (χ2n) is 4.82. The van der Waals surface area contributed by atoms with E-state index in [0.717, 1.165) is 10.5 Å². The number of amides is 2. The Bertz CT molecular complexity index is 953. The maximum Gasteiger partial charge on any atom is 0.323 e. The number of anilines is 1. The highest BCUT2D eigenvalue weighted by Crippen LogP contribution is 2.38. The second-order valence-corrected chi connectivity index (χ2v) is 7.61. The van der Waals surface area contributed by atoms with Crippen LogP contribution in [0.15, 0.2) is 62.8 Å². The third-order valence-electron chi connectivity index (χ3n) is 3.32. The lowest BCUT2D eigenvalue weighted by Gasteiger charge is -2.18. The van der Waals surface area contributed by atoms with Crippen molar-refractivity contribution in [1.29, 1.82) is 0 Å². The summed E-state index contributed by atoms with van der Waals surface area (Å²) in [6.07, 6.45) is 2.89. The van der Waals surface area contributed by atoms with E-state index in [0.29, 0.717) is 21.9 Å². The quantitative estimate of drug-likeness (QED) is 0.631. The van der Waals surface area contributed by atoms with E-state index >= 15 is 0 Å². The SMILES string of the molecule is O=C(NC1=C2SCC=C2C(=S(=O)=O)C=C1O)Nc1ccccc1Br. The molecule has 0 radical (unpaired) electrons. The summed E-state index contributed by atoms with van der Waals surface area (Å²) in [6, 6.07) is 6.57. The molecule has 0 fully saturated rings. The van der Waals surface area contributed by atoms with Crippen LogP contribution in [-0.4, -0.2) is 30.2 Å². The summed E-state index contributed by atoms with van der Waals surface area (Å²) < 4.78 is 23.3. The fourth-order valence-electron chi connectivity index (χ4n) is 2.28. The van der Waals surface area contributed by atoms with Gasteiger partial charge in [-0.15, -0.1) is 11.8 Å². The predicted octanol–water partition coefficient (Wildman–Crippen LogP) is 2.96. The van der Waals surface area contributed by atoms with E-state index in [9.17, 15) is 18.3 Å². The fourth-order valence-corrected chi connectivity index (χ4v) is 4.36. The van der Waals surface area contributed by atoms with Crippen LogP contribution in [0.1, 0.15) is 0 Å². The molecule has 2 aliphatic rings. The van der Waals surface area contributed by atoms with E-state index in [1.165, 1.54) is 11.8 Å². The molecular formula is C15H11BrN2O4S2. The van der Waals surface area contributed by atoms with E-state index in [1.54, 1.807) is 24.3 Å².